The van der Waals surface area contributed by atoms with Crippen molar-refractivity contribution in [2.45, 2.75) is 19.4 Å². The molecule has 1 aromatic carbocycles. The summed E-state index contributed by atoms with van der Waals surface area (Å²) in [6, 6.07) is 5.38. The lowest BCUT2D eigenvalue weighted by atomic mass is 10.1. The Balaban J connectivity index is 2.21. The van der Waals surface area contributed by atoms with Crippen molar-refractivity contribution in [3.05, 3.63) is 24.5 Å². The number of rotatable bonds is 5. The maximum atomic E-state index is 11.3. The number of nitrogens with zero attached hydrogens (tertiary/aromatic N) is 2. The fourth-order valence-electron chi connectivity index (χ4n) is 2.06. The van der Waals surface area contributed by atoms with E-state index in [0.717, 1.165) is 17.2 Å². The molecule has 114 valence electrons. The Morgan fingerprint density at radius 3 is 2.67 bits per heavy atom. The first-order valence-electron chi connectivity index (χ1n) is 6.39. The zero-order chi connectivity index (χ0) is 15.7. The van der Waals surface area contributed by atoms with Gasteiger partial charge in [0.1, 0.15) is 12.1 Å². The van der Waals surface area contributed by atoms with Gasteiger partial charge in [0.05, 0.1) is 11.8 Å². The smallest absolute Gasteiger partial charge is 0.209 e. The molecular weight excluding hydrogens is 290 g/mol. The molecule has 4 N–H and O–H groups in total. The Kier molecular flexibility index (Phi) is 4.02. The van der Waals surface area contributed by atoms with Gasteiger partial charge in [0.2, 0.25) is 10.0 Å². The minimum atomic E-state index is -3.27. The van der Waals surface area contributed by atoms with Crippen LogP contribution in [0.1, 0.15) is 13.8 Å². The topological polar surface area (TPSA) is 110 Å². The molecule has 2 aromatic rings. The molecule has 1 heterocycles. The molecule has 0 unspecified atom stereocenters. The molecule has 0 atom stereocenters. The standard InChI is InChI=1S/C13H19N5O2S/c1-13(2,18-21(3,19)20)7-15-12-10-5-4-9(14)6-11(10)16-8-17-12/h4-6,8,18H,7,14H2,1-3H3,(H,15,16,17). The van der Waals surface area contributed by atoms with Crippen molar-refractivity contribution < 1.29 is 8.42 Å². The first kappa shape index (κ1) is 15.5. The van der Waals surface area contributed by atoms with E-state index in [2.05, 4.69) is 20.0 Å². The maximum absolute atomic E-state index is 11.3. The summed E-state index contributed by atoms with van der Waals surface area (Å²) in [7, 11) is -3.27. The van der Waals surface area contributed by atoms with Crippen molar-refractivity contribution in [1.29, 1.82) is 0 Å². The molecule has 0 aliphatic heterocycles. The minimum Gasteiger partial charge on any atom is -0.399 e. The van der Waals surface area contributed by atoms with Gasteiger partial charge in [-0.15, -0.1) is 0 Å². The lowest BCUT2D eigenvalue weighted by molar-refractivity contribution is 0.476. The van der Waals surface area contributed by atoms with Crippen LogP contribution in [-0.4, -0.2) is 36.7 Å². The monoisotopic (exact) mass is 309 g/mol. The average molecular weight is 309 g/mol. The SMILES string of the molecule is CC(C)(CNc1ncnc2cc(N)ccc12)NS(C)(=O)=O. The van der Waals surface area contributed by atoms with E-state index in [9.17, 15) is 8.42 Å². The Hall–Kier alpha value is -1.93. The van der Waals surface area contributed by atoms with Crippen LogP contribution in [0.25, 0.3) is 10.9 Å². The zero-order valence-electron chi connectivity index (χ0n) is 12.2. The number of sulfonamides is 1. The zero-order valence-corrected chi connectivity index (χ0v) is 13.0. The molecule has 2 rings (SSSR count). The van der Waals surface area contributed by atoms with Crippen molar-refractivity contribution in [1.82, 2.24) is 14.7 Å². The highest BCUT2D eigenvalue weighted by molar-refractivity contribution is 7.88. The quantitative estimate of drug-likeness (QED) is 0.709. The number of benzene rings is 1. The predicted molar refractivity (Wildman–Crippen MR) is 84.5 cm³/mol. The van der Waals surface area contributed by atoms with E-state index in [1.807, 2.05) is 6.07 Å². The lowest BCUT2D eigenvalue weighted by Gasteiger charge is -2.25. The summed E-state index contributed by atoms with van der Waals surface area (Å²) < 4.78 is 25.2. The molecule has 8 heteroatoms. The summed E-state index contributed by atoms with van der Waals surface area (Å²) in [5, 5.41) is 3.99. The summed E-state index contributed by atoms with van der Waals surface area (Å²) in [5.41, 5.74) is 6.46. The third-order valence-corrected chi connectivity index (χ3v) is 3.74. The van der Waals surface area contributed by atoms with Gasteiger partial charge in [-0.05, 0) is 32.0 Å². The van der Waals surface area contributed by atoms with Gasteiger partial charge in [-0.25, -0.2) is 23.1 Å². The molecule has 0 bridgehead atoms. The number of anilines is 2. The first-order chi connectivity index (χ1) is 9.66. The van der Waals surface area contributed by atoms with Crippen molar-refractivity contribution in [3.8, 4) is 0 Å². The number of nitrogens with two attached hydrogens (primary N) is 1. The number of aromatic nitrogens is 2. The van der Waals surface area contributed by atoms with Crippen LogP contribution in [0.15, 0.2) is 24.5 Å². The van der Waals surface area contributed by atoms with Crippen molar-refractivity contribution in [2.75, 3.05) is 23.9 Å². The summed E-state index contributed by atoms with van der Waals surface area (Å²) in [6.45, 7) is 3.97. The fourth-order valence-corrected chi connectivity index (χ4v) is 3.13. The molecule has 0 fully saturated rings. The van der Waals surface area contributed by atoms with Gasteiger partial charge in [0.15, 0.2) is 0 Å². The molecule has 21 heavy (non-hydrogen) atoms. The highest BCUT2D eigenvalue weighted by atomic mass is 32.2. The van der Waals surface area contributed by atoms with Crippen LogP contribution < -0.4 is 15.8 Å². The van der Waals surface area contributed by atoms with Crippen molar-refractivity contribution in [3.63, 3.8) is 0 Å². The van der Waals surface area contributed by atoms with Gasteiger partial charge in [0, 0.05) is 23.2 Å². The van der Waals surface area contributed by atoms with Gasteiger partial charge in [-0.2, -0.15) is 0 Å². The van der Waals surface area contributed by atoms with Crippen LogP contribution in [-0.2, 0) is 10.0 Å². The van der Waals surface area contributed by atoms with E-state index in [0.29, 0.717) is 18.1 Å². The second kappa shape index (κ2) is 5.45. The molecule has 0 aliphatic carbocycles. The summed E-state index contributed by atoms with van der Waals surface area (Å²) in [5.74, 6) is 0.642. The molecule has 0 spiro atoms. The van der Waals surface area contributed by atoms with Gasteiger partial charge in [-0.1, -0.05) is 0 Å². The number of nitrogens with one attached hydrogen (secondary N) is 2. The Labute approximate surface area is 124 Å². The van der Waals surface area contributed by atoms with Crippen LogP contribution in [0.4, 0.5) is 11.5 Å². The molecule has 7 nitrogen and oxygen atoms in total. The molecule has 1 aromatic heterocycles. The summed E-state index contributed by atoms with van der Waals surface area (Å²) in [6.07, 6.45) is 2.58. The van der Waals surface area contributed by atoms with Crippen LogP contribution in [0.2, 0.25) is 0 Å². The highest BCUT2D eigenvalue weighted by Gasteiger charge is 2.22. The molecule has 0 radical (unpaired) electrons. The molecule has 0 amide bonds. The van der Waals surface area contributed by atoms with E-state index in [1.165, 1.54) is 6.33 Å². The summed E-state index contributed by atoms with van der Waals surface area (Å²) >= 11 is 0. The highest BCUT2D eigenvalue weighted by Crippen LogP contribution is 2.21. The lowest BCUT2D eigenvalue weighted by Crippen LogP contribution is -2.47. The first-order valence-corrected chi connectivity index (χ1v) is 8.28. The Morgan fingerprint density at radius 1 is 1.29 bits per heavy atom. The predicted octanol–water partition coefficient (Wildman–Crippen LogP) is 0.952. The number of hydrogen-bond acceptors (Lipinski definition) is 6. The van der Waals surface area contributed by atoms with Gasteiger partial charge >= 0.3 is 0 Å². The second-order valence-electron chi connectivity index (χ2n) is 5.61. The van der Waals surface area contributed by atoms with Gasteiger partial charge in [-0.3, -0.25) is 0 Å². The third kappa shape index (κ3) is 4.27. The van der Waals surface area contributed by atoms with Crippen LogP contribution in [0.3, 0.4) is 0 Å². The summed E-state index contributed by atoms with van der Waals surface area (Å²) in [4.78, 5) is 8.36. The largest absolute Gasteiger partial charge is 0.399 e. The average Bonchev–Trinajstić information content (AvgIpc) is 2.33. The van der Waals surface area contributed by atoms with Gasteiger partial charge < -0.3 is 11.1 Å². The van der Waals surface area contributed by atoms with Crippen molar-refractivity contribution >= 4 is 32.4 Å². The fraction of sp³-hybridized carbons (Fsp3) is 0.385. The van der Waals surface area contributed by atoms with Crippen LogP contribution in [0, 0.1) is 0 Å². The molecule has 0 aliphatic rings. The number of hydrogen-bond donors (Lipinski definition) is 3. The van der Waals surface area contributed by atoms with E-state index in [1.54, 1.807) is 26.0 Å². The molecular formula is C13H19N5O2S. The number of fused-ring (bicyclic) bond motifs is 1. The van der Waals surface area contributed by atoms with Gasteiger partial charge in [0.25, 0.3) is 0 Å². The normalized spacial score (nSPS) is 12.5. The molecule has 0 saturated heterocycles. The second-order valence-corrected chi connectivity index (χ2v) is 7.36. The van der Waals surface area contributed by atoms with E-state index >= 15 is 0 Å². The minimum absolute atomic E-state index is 0.385. The Morgan fingerprint density at radius 2 is 2.00 bits per heavy atom. The molecule has 0 saturated carbocycles. The number of nitrogen functional groups attached to an aromatic ring is 1. The van der Waals surface area contributed by atoms with Crippen molar-refractivity contribution in [2.24, 2.45) is 0 Å². The van der Waals surface area contributed by atoms with Crippen LogP contribution >= 0.6 is 0 Å². The van der Waals surface area contributed by atoms with Crippen LogP contribution in [0.5, 0.6) is 0 Å². The van der Waals surface area contributed by atoms with E-state index < -0.39 is 15.6 Å². The van der Waals surface area contributed by atoms with E-state index in [4.69, 9.17) is 5.73 Å². The third-order valence-electron chi connectivity index (χ3n) is 2.82. The van der Waals surface area contributed by atoms with E-state index in [-0.39, 0.29) is 0 Å². The maximum Gasteiger partial charge on any atom is 0.209 e. The Bertz CT molecular complexity index is 758.